The number of hydrogen-bond donors (Lipinski definition) is 0. The van der Waals surface area contributed by atoms with Crippen molar-refractivity contribution in [1.29, 1.82) is 0 Å². The molecule has 30 heavy (non-hydrogen) atoms. The van der Waals surface area contributed by atoms with Crippen LogP contribution >= 0.6 is 0 Å². The molecular weight excluding hydrogens is 386 g/mol. The lowest BCUT2D eigenvalue weighted by molar-refractivity contribution is 0.266. The van der Waals surface area contributed by atoms with Gasteiger partial charge in [-0.15, -0.1) is 0 Å². The summed E-state index contributed by atoms with van der Waals surface area (Å²) in [6, 6.07) is 19.1. The first-order valence-corrected chi connectivity index (χ1v) is 14.1. The Kier molecular flexibility index (Phi) is 5.82. The topological polar surface area (TPSA) is 23.4 Å². The van der Waals surface area contributed by atoms with Crippen LogP contribution in [0.25, 0.3) is 10.9 Å². The van der Waals surface area contributed by atoms with Gasteiger partial charge in [0.05, 0.1) is 12.1 Å². The van der Waals surface area contributed by atoms with Crippen molar-refractivity contribution in [2.75, 3.05) is 0 Å². The quantitative estimate of drug-likeness (QED) is 0.360. The highest BCUT2D eigenvalue weighted by molar-refractivity contribution is 6.74. The van der Waals surface area contributed by atoms with Gasteiger partial charge in [0, 0.05) is 17.6 Å². The lowest BCUT2D eigenvalue weighted by atomic mass is 10.2. The standard InChI is InChI=1S/C26H35NO2Si/c1-26(2,3)30(4,5)29-19-23-16-22-12-9-13-24(25(22)27(23)17-20-14-15-20)28-18-21-10-7-6-8-11-21/h6-13,16,20H,14-15,17-19H2,1-5H3. The molecular formula is C26H35NO2Si. The van der Waals surface area contributed by atoms with Gasteiger partial charge in [-0.1, -0.05) is 63.2 Å². The molecule has 0 spiro atoms. The molecule has 160 valence electrons. The lowest BCUT2D eigenvalue weighted by Crippen LogP contribution is -2.40. The summed E-state index contributed by atoms with van der Waals surface area (Å²) < 4.78 is 15.4. The van der Waals surface area contributed by atoms with Crippen molar-refractivity contribution in [1.82, 2.24) is 4.57 Å². The van der Waals surface area contributed by atoms with Crippen LogP contribution in [-0.4, -0.2) is 12.9 Å². The van der Waals surface area contributed by atoms with Crippen LogP contribution in [0.3, 0.4) is 0 Å². The highest BCUT2D eigenvalue weighted by Gasteiger charge is 2.37. The van der Waals surface area contributed by atoms with Crippen LogP contribution in [0.15, 0.2) is 54.6 Å². The van der Waals surface area contributed by atoms with Crippen molar-refractivity contribution in [3.8, 4) is 5.75 Å². The predicted molar refractivity (Wildman–Crippen MR) is 127 cm³/mol. The van der Waals surface area contributed by atoms with Gasteiger partial charge in [-0.3, -0.25) is 0 Å². The molecule has 0 saturated heterocycles. The second kappa shape index (κ2) is 8.24. The molecule has 1 fully saturated rings. The van der Waals surface area contributed by atoms with Gasteiger partial charge < -0.3 is 13.7 Å². The molecule has 4 heteroatoms. The first kappa shape index (κ1) is 21.2. The molecule has 4 rings (SSSR count). The number of para-hydroxylation sites is 1. The Morgan fingerprint density at radius 3 is 2.37 bits per heavy atom. The molecule has 0 aliphatic heterocycles. The van der Waals surface area contributed by atoms with Crippen molar-refractivity contribution in [3.63, 3.8) is 0 Å². The molecule has 1 aliphatic rings. The molecule has 1 aliphatic carbocycles. The van der Waals surface area contributed by atoms with Gasteiger partial charge in [0.1, 0.15) is 12.4 Å². The molecule has 3 aromatic rings. The second-order valence-corrected chi connectivity index (χ2v) is 15.0. The smallest absolute Gasteiger partial charge is 0.192 e. The molecule has 1 aromatic heterocycles. The Labute approximate surface area is 182 Å². The van der Waals surface area contributed by atoms with E-state index in [0.29, 0.717) is 13.2 Å². The normalized spacial score (nSPS) is 15.0. The summed E-state index contributed by atoms with van der Waals surface area (Å²) in [6.45, 7) is 13.9. The van der Waals surface area contributed by atoms with Gasteiger partial charge in [0.2, 0.25) is 0 Å². The fourth-order valence-electron chi connectivity index (χ4n) is 3.56. The zero-order valence-corrected chi connectivity index (χ0v) is 20.1. The highest BCUT2D eigenvalue weighted by Crippen LogP contribution is 2.39. The maximum Gasteiger partial charge on any atom is 0.192 e. The Bertz CT molecular complexity index is 997. The predicted octanol–water partition coefficient (Wildman–Crippen LogP) is 7.15. The molecule has 0 radical (unpaired) electrons. The van der Waals surface area contributed by atoms with Crippen LogP contribution in [0.1, 0.15) is 44.9 Å². The minimum Gasteiger partial charge on any atom is -0.487 e. The number of hydrogen-bond acceptors (Lipinski definition) is 2. The third-order valence-electron chi connectivity index (χ3n) is 6.73. The van der Waals surface area contributed by atoms with Gasteiger partial charge >= 0.3 is 0 Å². The number of nitrogens with zero attached hydrogens (tertiary/aromatic N) is 1. The van der Waals surface area contributed by atoms with Gasteiger partial charge in [-0.05, 0) is 54.6 Å². The van der Waals surface area contributed by atoms with E-state index in [2.05, 4.69) is 87.0 Å². The molecule has 0 amide bonds. The summed E-state index contributed by atoms with van der Waals surface area (Å²) in [5.41, 5.74) is 3.68. The summed E-state index contributed by atoms with van der Waals surface area (Å²) in [4.78, 5) is 0. The zero-order chi connectivity index (χ0) is 21.4. The van der Waals surface area contributed by atoms with Crippen LogP contribution < -0.4 is 4.74 Å². The maximum absolute atomic E-state index is 6.60. The van der Waals surface area contributed by atoms with Gasteiger partial charge in [0.25, 0.3) is 0 Å². The minimum atomic E-state index is -1.80. The van der Waals surface area contributed by atoms with E-state index in [4.69, 9.17) is 9.16 Å². The van der Waals surface area contributed by atoms with Gasteiger partial charge in [-0.2, -0.15) is 0 Å². The molecule has 2 aromatic carbocycles. The van der Waals surface area contributed by atoms with E-state index in [1.165, 1.54) is 35.0 Å². The monoisotopic (exact) mass is 421 g/mol. The van der Waals surface area contributed by atoms with Crippen LogP contribution in [0, 0.1) is 5.92 Å². The van der Waals surface area contributed by atoms with Crippen molar-refractivity contribution in [3.05, 3.63) is 65.9 Å². The summed E-state index contributed by atoms with van der Waals surface area (Å²) in [7, 11) is -1.80. The number of rotatable bonds is 8. The largest absolute Gasteiger partial charge is 0.487 e. The van der Waals surface area contributed by atoms with Crippen LogP contribution in [0.5, 0.6) is 5.75 Å². The van der Waals surface area contributed by atoms with E-state index in [-0.39, 0.29) is 5.04 Å². The zero-order valence-electron chi connectivity index (χ0n) is 19.1. The third-order valence-corrected chi connectivity index (χ3v) is 11.2. The summed E-state index contributed by atoms with van der Waals surface area (Å²) in [5, 5.41) is 1.46. The minimum absolute atomic E-state index is 0.213. The summed E-state index contributed by atoms with van der Waals surface area (Å²) >= 11 is 0. The van der Waals surface area contributed by atoms with E-state index in [9.17, 15) is 0 Å². The van der Waals surface area contributed by atoms with E-state index >= 15 is 0 Å². The number of benzene rings is 2. The SMILES string of the molecule is CC(C)(C)[Si](C)(C)OCc1cc2cccc(OCc3ccccc3)c2n1CC1CC1. The Hall–Kier alpha value is -2.04. The Morgan fingerprint density at radius 1 is 0.967 bits per heavy atom. The first-order chi connectivity index (χ1) is 14.2. The molecule has 0 bridgehead atoms. The average Bonchev–Trinajstić information content (AvgIpc) is 3.45. The third kappa shape index (κ3) is 4.65. The summed E-state index contributed by atoms with van der Waals surface area (Å²) in [6.07, 6.45) is 2.66. The second-order valence-electron chi connectivity index (χ2n) is 10.2. The maximum atomic E-state index is 6.60. The molecule has 1 heterocycles. The first-order valence-electron chi connectivity index (χ1n) is 11.2. The average molecular weight is 422 g/mol. The Morgan fingerprint density at radius 2 is 1.70 bits per heavy atom. The molecule has 1 saturated carbocycles. The molecule has 0 atom stereocenters. The Balaban J connectivity index is 1.64. The summed E-state index contributed by atoms with van der Waals surface area (Å²) in [5.74, 6) is 1.75. The lowest BCUT2D eigenvalue weighted by Gasteiger charge is -2.36. The molecule has 0 N–H and O–H groups in total. The highest BCUT2D eigenvalue weighted by atomic mass is 28.4. The number of ether oxygens (including phenoxy) is 1. The number of aromatic nitrogens is 1. The van der Waals surface area contributed by atoms with Crippen molar-refractivity contribution in [2.24, 2.45) is 5.92 Å². The molecule has 3 nitrogen and oxygen atoms in total. The molecule has 0 unspecified atom stereocenters. The van der Waals surface area contributed by atoms with E-state index in [1.54, 1.807) is 0 Å². The van der Waals surface area contributed by atoms with E-state index < -0.39 is 8.32 Å². The fraction of sp³-hybridized carbons (Fsp3) is 0.462. The van der Waals surface area contributed by atoms with Crippen molar-refractivity contribution >= 4 is 19.2 Å². The van der Waals surface area contributed by atoms with Crippen LogP contribution in [0.4, 0.5) is 0 Å². The van der Waals surface area contributed by atoms with Crippen molar-refractivity contribution < 1.29 is 9.16 Å². The fourth-order valence-corrected chi connectivity index (χ4v) is 4.50. The number of fused-ring (bicyclic) bond motifs is 1. The van der Waals surface area contributed by atoms with Crippen LogP contribution in [-0.2, 0) is 24.2 Å². The van der Waals surface area contributed by atoms with E-state index in [0.717, 1.165) is 18.2 Å². The van der Waals surface area contributed by atoms with Gasteiger partial charge in [-0.25, -0.2) is 0 Å². The van der Waals surface area contributed by atoms with Gasteiger partial charge in [0.15, 0.2) is 8.32 Å². The van der Waals surface area contributed by atoms with Crippen LogP contribution in [0.2, 0.25) is 18.1 Å². The van der Waals surface area contributed by atoms with Crippen molar-refractivity contribution in [2.45, 2.75) is 71.5 Å². The van der Waals surface area contributed by atoms with E-state index in [1.807, 2.05) is 6.07 Å².